The van der Waals surface area contributed by atoms with E-state index >= 15 is 0 Å². The van der Waals surface area contributed by atoms with E-state index in [2.05, 4.69) is 0 Å². The minimum absolute atomic E-state index is 0.0674. The zero-order chi connectivity index (χ0) is 11.7. The maximum atomic E-state index is 13.4. The van der Waals surface area contributed by atoms with Crippen molar-refractivity contribution in [3.05, 3.63) is 53.1 Å². The second-order valence-corrected chi connectivity index (χ2v) is 3.76. The van der Waals surface area contributed by atoms with E-state index in [1.807, 2.05) is 0 Å². The molecule has 16 heavy (non-hydrogen) atoms. The van der Waals surface area contributed by atoms with Crippen LogP contribution in [0.2, 0.25) is 5.02 Å². The number of halogens is 3. The van der Waals surface area contributed by atoms with Gasteiger partial charge in [0.2, 0.25) is 0 Å². The fourth-order valence-corrected chi connectivity index (χ4v) is 1.68. The summed E-state index contributed by atoms with van der Waals surface area (Å²) in [6, 6.07) is 7.22. The molecule has 2 aromatic rings. The summed E-state index contributed by atoms with van der Waals surface area (Å²) >= 11 is 5.72. The van der Waals surface area contributed by atoms with Crippen LogP contribution in [0.25, 0.3) is 11.1 Å². The van der Waals surface area contributed by atoms with Crippen LogP contribution in [-0.2, 0) is 0 Å². The van der Waals surface area contributed by atoms with Crippen molar-refractivity contribution in [2.24, 2.45) is 0 Å². The molecular weight excluding hydrogens is 234 g/mol. The van der Waals surface area contributed by atoms with Gasteiger partial charge in [-0.25, -0.2) is 8.78 Å². The van der Waals surface area contributed by atoms with E-state index < -0.39 is 11.6 Å². The number of phenolic OH excluding ortho intramolecular Hbond substituents is 1. The number of hydrogen-bond acceptors (Lipinski definition) is 1. The van der Waals surface area contributed by atoms with Gasteiger partial charge in [-0.1, -0.05) is 11.6 Å². The van der Waals surface area contributed by atoms with E-state index in [0.29, 0.717) is 5.56 Å². The third-order valence-corrected chi connectivity index (χ3v) is 2.34. The molecule has 0 amide bonds. The van der Waals surface area contributed by atoms with Crippen molar-refractivity contribution in [1.29, 1.82) is 0 Å². The number of hydrogen-bond donors (Lipinski definition) is 1. The molecule has 2 rings (SSSR count). The van der Waals surface area contributed by atoms with Gasteiger partial charge < -0.3 is 5.11 Å². The summed E-state index contributed by atoms with van der Waals surface area (Å²) in [5.74, 6) is -1.20. The Kier molecular flexibility index (Phi) is 2.79. The van der Waals surface area contributed by atoms with E-state index in [0.717, 1.165) is 18.2 Å². The zero-order valence-corrected chi connectivity index (χ0v) is 8.80. The molecule has 0 aliphatic heterocycles. The highest BCUT2D eigenvalue weighted by atomic mass is 35.5. The predicted octanol–water partition coefficient (Wildman–Crippen LogP) is 3.99. The van der Waals surface area contributed by atoms with Crippen LogP contribution in [0.4, 0.5) is 8.78 Å². The molecule has 0 heterocycles. The Balaban J connectivity index is 2.62. The Morgan fingerprint density at radius 2 is 1.75 bits per heavy atom. The standard InChI is InChI=1S/C12H7ClF2O/c13-8-3-7(4-10(16)5-8)11-6-9(14)1-2-12(11)15/h1-6,16H. The second kappa shape index (κ2) is 4.10. The number of aromatic hydroxyl groups is 1. The van der Waals surface area contributed by atoms with Crippen LogP contribution in [0, 0.1) is 11.6 Å². The Labute approximate surface area is 95.9 Å². The lowest BCUT2D eigenvalue weighted by atomic mass is 10.0. The largest absolute Gasteiger partial charge is 0.508 e. The van der Waals surface area contributed by atoms with Gasteiger partial charge in [-0.2, -0.15) is 0 Å². The molecule has 0 saturated heterocycles. The average Bonchev–Trinajstić information content (AvgIpc) is 2.20. The van der Waals surface area contributed by atoms with Gasteiger partial charge in [-0.15, -0.1) is 0 Å². The lowest BCUT2D eigenvalue weighted by Crippen LogP contribution is -1.86. The van der Waals surface area contributed by atoms with E-state index in [9.17, 15) is 13.9 Å². The van der Waals surface area contributed by atoms with Gasteiger partial charge in [0.05, 0.1) is 0 Å². The van der Waals surface area contributed by atoms with E-state index in [4.69, 9.17) is 11.6 Å². The summed E-state index contributed by atoms with van der Waals surface area (Å²) in [5, 5.41) is 9.58. The van der Waals surface area contributed by atoms with Gasteiger partial charge in [0.25, 0.3) is 0 Å². The second-order valence-electron chi connectivity index (χ2n) is 3.32. The van der Waals surface area contributed by atoms with E-state index in [1.54, 1.807) is 0 Å². The molecule has 1 nitrogen and oxygen atoms in total. The van der Waals surface area contributed by atoms with Crippen LogP contribution in [0.5, 0.6) is 5.75 Å². The molecule has 82 valence electrons. The van der Waals surface area contributed by atoms with Gasteiger partial charge in [0.1, 0.15) is 17.4 Å². The fraction of sp³-hybridized carbons (Fsp3) is 0. The first kappa shape index (κ1) is 10.9. The van der Waals surface area contributed by atoms with Gasteiger partial charge in [0, 0.05) is 10.6 Å². The minimum atomic E-state index is -0.567. The molecule has 0 bridgehead atoms. The molecular formula is C12H7ClF2O. The summed E-state index contributed by atoms with van der Waals surface area (Å²) in [6.07, 6.45) is 0. The van der Waals surface area contributed by atoms with Crippen LogP contribution in [0.3, 0.4) is 0 Å². The quantitative estimate of drug-likeness (QED) is 0.799. The van der Waals surface area contributed by atoms with Crippen molar-refractivity contribution in [3.8, 4) is 16.9 Å². The first-order valence-electron chi connectivity index (χ1n) is 4.51. The van der Waals surface area contributed by atoms with Crippen LogP contribution in [0.15, 0.2) is 36.4 Å². The predicted molar refractivity (Wildman–Crippen MR) is 58.5 cm³/mol. The molecule has 0 spiro atoms. The molecule has 0 fully saturated rings. The first-order chi connectivity index (χ1) is 7.56. The maximum Gasteiger partial charge on any atom is 0.131 e. The maximum absolute atomic E-state index is 13.4. The molecule has 0 atom stereocenters. The van der Waals surface area contributed by atoms with Gasteiger partial charge in [-0.05, 0) is 42.0 Å². The topological polar surface area (TPSA) is 20.2 Å². The summed E-state index contributed by atoms with van der Waals surface area (Å²) < 4.78 is 26.4. The van der Waals surface area contributed by atoms with E-state index in [-0.39, 0.29) is 16.3 Å². The number of rotatable bonds is 1. The third kappa shape index (κ3) is 2.14. The normalized spacial score (nSPS) is 10.4. The van der Waals surface area contributed by atoms with Crippen molar-refractivity contribution in [3.63, 3.8) is 0 Å². The Morgan fingerprint density at radius 3 is 2.44 bits per heavy atom. The molecule has 2 aromatic carbocycles. The summed E-state index contributed by atoms with van der Waals surface area (Å²) in [6.45, 7) is 0. The molecule has 0 aromatic heterocycles. The Bertz CT molecular complexity index is 520. The van der Waals surface area contributed by atoms with Crippen molar-refractivity contribution in [2.45, 2.75) is 0 Å². The van der Waals surface area contributed by atoms with Crippen LogP contribution >= 0.6 is 11.6 Å². The number of phenols is 1. The highest BCUT2D eigenvalue weighted by Gasteiger charge is 2.08. The average molecular weight is 241 g/mol. The van der Waals surface area contributed by atoms with Crippen molar-refractivity contribution in [1.82, 2.24) is 0 Å². The van der Waals surface area contributed by atoms with Crippen LogP contribution in [-0.4, -0.2) is 5.11 Å². The zero-order valence-electron chi connectivity index (χ0n) is 8.05. The van der Waals surface area contributed by atoms with E-state index in [1.165, 1.54) is 18.2 Å². The summed E-state index contributed by atoms with van der Waals surface area (Å²) in [7, 11) is 0. The molecule has 0 aliphatic carbocycles. The smallest absolute Gasteiger partial charge is 0.131 e. The molecule has 0 aliphatic rings. The summed E-state index contributed by atoms with van der Waals surface area (Å²) in [5.41, 5.74) is 0.403. The first-order valence-corrected chi connectivity index (χ1v) is 4.89. The Hall–Kier alpha value is -1.61. The van der Waals surface area contributed by atoms with Crippen molar-refractivity contribution < 1.29 is 13.9 Å². The Morgan fingerprint density at radius 1 is 1.00 bits per heavy atom. The molecule has 0 unspecified atom stereocenters. The molecule has 0 radical (unpaired) electrons. The van der Waals surface area contributed by atoms with Crippen LogP contribution in [0.1, 0.15) is 0 Å². The number of benzene rings is 2. The van der Waals surface area contributed by atoms with Crippen molar-refractivity contribution >= 4 is 11.6 Å². The molecule has 0 saturated carbocycles. The third-order valence-electron chi connectivity index (χ3n) is 2.12. The SMILES string of the molecule is Oc1cc(Cl)cc(-c2cc(F)ccc2F)c1. The monoisotopic (exact) mass is 240 g/mol. The van der Waals surface area contributed by atoms with Gasteiger partial charge in [-0.3, -0.25) is 0 Å². The van der Waals surface area contributed by atoms with Crippen molar-refractivity contribution in [2.75, 3.05) is 0 Å². The lowest BCUT2D eigenvalue weighted by molar-refractivity contribution is 0.475. The van der Waals surface area contributed by atoms with Crippen LogP contribution < -0.4 is 0 Å². The lowest BCUT2D eigenvalue weighted by Gasteiger charge is -2.05. The fourth-order valence-electron chi connectivity index (χ4n) is 1.45. The highest BCUT2D eigenvalue weighted by Crippen LogP contribution is 2.29. The molecule has 1 N–H and O–H groups in total. The van der Waals surface area contributed by atoms with Gasteiger partial charge in [0.15, 0.2) is 0 Å². The molecule has 4 heteroatoms. The van der Waals surface area contributed by atoms with Gasteiger partial charge >= 0.3 is 0 Å². The highest BCUT2D eigenvalue weighted by molar-refractivity contribution is 6.31. The summed E-state index contributed by atoms with van der Waals surface area (Å²) in [4.78, 5) is 0. The minimum Gasteiger partial charge on any atom is -0.508 e.